The highest BCUT2D eigenvalue weighted by atomic mass is 35.5. The third kappa shape index (κ3) is 2.81. The molecule has 1 amide bonds. The summed E-state index contributed by atoms with van der Waals surface area (Å²) in [5.41, 5.74) is 4.50. The van der Waals surface area contributed by atoms with E-state index in [0.29, 0.717) is 0 Å². The Morgan fingerprint density at radius 2 is 2.10 bits per heavy atom. The molecule has 106 valence electrons. The lowest BCUT2D eigenvalue weighted by Crippen LogP contribution is -2.10. The van der Waals surface area contributed by atoms with Crippen LogP contribution in [0.5, 0.6) is 0 Å². The molecule has 0 bridgehead atoms. The number of carbonyl (C=O) groups excluding carboxylic acids is 1. The Morgan fingerprint density at radius 1 is 1.30 bits per heavy atom. The van der Waals surface area contributed by atoms with Gasteiger partial charge in [-0.25, -0.2) is 0 Å². The van der Waals surface area contributed by atoms with E-state index >= 15 is 0 Å². The van der Waals surface area contributed by atoms with Crippen LogP contribution in [0.3, 0.4) is 0 Å². The fourth-order valence-electron chi connectivity index (χ4n) is 2.26. The normalized spacial score (nSPS) is 12.3. The number of amides is 1. The van der Waals surface area contributed by atoms with Crippen molar-refractivity contribution in [3.8, 4) is 0 Å². The summed E-state index contributed by atoms with van der Waals surface area (Å²) < 4.78 is 0. The Morgan fingerprint density at radius 3 is 2.80 bits per heavy atom. The zero-order chi connectivity index (χ0) is 13.4. The summed E-state index contributed by atoms with van der Waals surface area (Å²) in [6.45, 7) is 5.05. The van der Waals surface area contributed by atoms with Crippen molar-refractivity contribution < 1.29 is 4.79 Å². The molecule has 0 unspecified atom stereocenters. The van der Waals surface area contributed by atoms with Gasteiger partial charge in [0.1, 0.15) is 0 Å². The number of rotatable bonds is 2. The van der Waals surface area contributed by atoms with Crippen molar-refractivity contribution >= 4 is 41.0 Å². The number of nitrogens with one attached hydrogen (secondary N) is 2. The minimum Gasteiger partial charge on any atom is -0.384 e. The molecule has 1 aliphatic rings. The second-order valence-corrected chi connectivity index (χ2v) is 6.11. The Kier molecular flexibility index (Phi) is 4.35. The lowest BCUT2D eigenvalue weighted by molar-refractivity contribution is 0.103. The van der Waals surface area contributed by atoms with E-state index in [2.05, 4.69) is 16.7 Å². The van der Waals surface area contributed by atoms with Crippen LogP contribution in [0.4, 0.5) is 11.4 Å². The lowest BCUT2D eigenvalue weighted by Gasteiger charge is -2.06. The van der Waals surface area contributed by atoms with Crippen molar-refractivity contribution in [3.63, 3.8) is 0 Å². The number of fused-ring (bicyclic) bond motifs is 1. The first-order valence-electron chi connectivity index (χ1n) is 6.38. The van der Waals surface area contributed by atoms with Gasteiger partial charge in [-0.1, -0.05) is 0 Å². The van der Waals surface area contributed by atoms with Crippen LogP contribution >= 0.6 is 23.7 Å². The van der Waals surface area contributed by atoms with Gasteiger partial charge in [0.25, 0.3) is 5.91 Å². The van der Waals surface area contributed by atoms with Crippen LogP contribution in [0.25, 0.3) is 0 Å². The second-order valence-electron chi connectivity index (χ2n) is 4.85. The summed E-state index contributed by atoms with van der Waals surface area (Å²) >= 11 is 1.54. The molecular weight excluding hydrogens is 292 g/mol. The number of carbonyl (C=O) groups is 1. The molecule has 0 saturated heterocycles. The molecule has 5 heteroatoms. The van der Waals surface area contributed by atoms with Crippen LogP contribution in [-0.2, 0) is 6.42 Å². The third-order valence-corrected chi connectivity index (χ3v) is 4.61. The predicted molar refractivity (Wildman–Crippen MR) is 87.6 cm³/mol. The summed E-state index contributed by atoms with van der Waals surface area (Å²) in [5, 5.41) is 6.28. The predicted octanol–water partition coefficient (Wildman–Crippen LogP) is 4.01. The Labute approximate surface area is 128 Å². The van der Waals surface area contributed by atoms with E-state index in [-0.39, 0.29) is 18.3 Å². The molecule has 2 aromatic rings. The number of anilines is 2. The van der Waals surface area contributed by atoms with Gasteiger partial charge in [-0.3, -0.25) is 4.79 Å². The largest absolute Gasteiger partial charge is 0.384 e. The zero-order valence-corrected chi connectivity index (χ0v) is 13.1. The molecule has 0 aliphatic carbocycles. The fraction of sp³-hybridized carbons (Fsp3) is 0.267. The van der Waals surface area contributed by atoms with Gasteiger partial charge in [0, 0.05) is 22.8 Å². The Hall–Kier alpha value is -1.52. The van der Waals surface area contributed by atoms with Gasteiger partial charge < -0.3 is 10.6 Å². The molecule has 0 fully saturated rings. The van der Waals surface area contributed by atoms with Gasteiger partial charge in [0.15, 0.2) is 0 Å². The summed E-state index contributed by atoms with van der Waals surface area (Å²) in [6.07, 6.45) is 1.02. The average Bonchev–Trinajstić information content (AvgIpc) is 2.96. The van der Waals surface area contributed by atoms with Crippen LogP contribution < -0.4 is 10.6 Å². The number of hydrogen-bond donors (Lipinski definition) is 2. The molecule has 0 spiro atoms. The van der Waals surface area contributed by atoms with E-state index < -0.39 is 0 Å². The number of thiophene rings is 1. The van der Waals surface area contributed by atoms with E-state index in [1.165, 1.54) is 21.7 Å². The van der Waals surface area contributed by atoms with Crippen LogP contribution in [-0.4, -0.2) is 12.5 Å². The fourth-order valence-corrected chi connectivity index (χ4v) is 3.19. The number of hydrogen-bond acceptors (Lipinski definition) is 3. The van der Waals surface area contributed by atoms with Gasteiger partial charge >= 0.3 is 0 Å². The number of halogens is 1. The lowest BCUT2D eigenvalue weighted by atomic mass is 10.1. The minimum atomic E-state index is -0.0212. The molecule has 1 aromatic heterocycles. The number of aryl methyl sites for hydroxylation is 2. The third-order valence-electron chi connectivity index (χ3n) is 3.46. The molecule has 20 heavy (non-hydrogen) atoms. The van der Waals surface area contributed by atoms with Gasteiger partial charge in [0.2, 0.25) is 0 Å². The maximum absolute atomic E-state index is 12.2. The molecule has 2 heterocycles. The van der Waals surface area contributed by atoms with Crippen LogP contribution in [0.2, 0.25) is 0 Å². The first kappa shape index (κ1) is 14.9. The molecule has 3 rings (SSSR count). The summed E-state index contributed by atoms with van der Waals surface area (Å²) in [5.74, 6) is -0.0212. The monoisotopic (exact) mass is 308 g/mol. The van der Waals surface area contributed by atoms with Gasteiger partial charge in [-0.2, -0.15) is 0 Å². The Bertz CT molecular complexity index is 632. The maximum Gasteiger partial charge on any atom is 0.265 e. The molecule has 2 N–H and O–H groups in total. The van der Waals surface area contributed by atoms with Gasteiger partial charge in [0.05, 0.1) is 4.88 Å². The van der Waals surface area contributed by atoms with E-state index in [9.17, 15) is 4.79 Å². The molecule has 0 radical (unpaired) electrons. The molecule has 1 aromatic carbocycles. The molecule has 1 aliphatic heterocycles. The number of benzene rings is 1. The van der Waals surface area contributed by atoms with E-state index in [4.69, 9.17) is 0 Å². The van der Waals surface area contributed by atoms with Crippen molar-refractivity contribution in [2.24, 2.45) is 0 Å². The highest BCUT2D eigenvalue weighted by Crippen LogP contribution is 2.26. The van der Waals surface area contributed by atoms with E-state index in [0.717, 1.165) is 23.5 Å². The first-order chi connectivity index (χ1) is 9.13. The van der Waals surface area contributed by atoms with Crippen molar-refractivity contribution in [3.05, 3.63) is 45.1 Å². The van der Waals surface area contributed by atoms with Gasteiger partial charge in [-0.15, -0.1) is 23.7 Å². The topological polar surface area (TPSA) is 41.1 Å². The first-order valence-corrected chi connectivity index (χ1v) is 7.20. The summed E-state index contributed by atoms with van der Waals surface area (Å²) in [7, 11) is 0. The quantitative estimate of drug-likeness (QED) is 0.880. The SMILES string of the molecule is Cc1cc(C(=O)Nc2ccc3c(c2)CCN3)sc1C.Cl. The summed E-state index contributed by atoms with van der Waals surface area (Å²) in [4.78, 5) is 14.1. The highest BCUT2D eigenvalue weighted by molar-refractivity contribution is 7.14. The second kappa shape index (κ2) is 5.85. The average molecular weight is 309 g/mol. The van der Waals surface area contributed by atoms with Crippen molar-refractivity contribution in [2.45, 2.75) is 20.3 Å². The van der Waals surface area contributed by atoms with E-state index in [1.807, 2.05) is 32.0 Å². The van der Waals surface area contributed by atoms with Gasteiger partial charge in [-0.05, 0) is 55.7 Å². The van der Waals surface area contributed by atoms with Crippen molar-refractivity contribution in [1.82, 2.24) is 0 Å². The van der Waals surface area contributed by atoms with Crippen molar-refractivity contribution in [1.29, 1.82) is 0 Å². The van der Waals surface area contributed by atoms with Crippen LogP contribution in [0.15, 0.2) is 24.3 Å². The smallest absolute Gasteiger partial charge is 0.265 e. The standard InChI is InChI=1S/C15H16N2OS.ClH/c1-9-7-14(19-10(9)2)15(18)17-12-3-4-13-11(8-12)5-6-16-13;/h3-4,7-8,16H,5-6H2,1-2H3,(H,17,18);1H. The highest BCUT2D eigenvalue weighted by Gasteiger charge is 2.13. The molecule has 0 saturated carbocycles. The Balaban J connectivity index is 0.00000147. The van der Waals surface area contributed by atoms with Crippen molar-refractivity contribution in [2.75, 3.05) is 17.2 Å². The van der Waals surface area contributed by atoms with E-state index in [1.54, 1.807) is 11.3 Å². The van der Waals surface area contributed by atoms with Crippen LogP contribution in [0, 0.1) is 13.8 Å². The molecular formula is C15H17ClN2OS. The summed E-state index contributed by atoms with van der Waals surface area (Å²) in [6, 6.07) is 7.98. The minimum absolute atomic E-state index is 0. The van der Waals surface area contributed by atoms with Crippen LogP contribution in [0.1, 0.15) is 25.7 Å². The maximum atomic E-state index is 12.2. The zero-order valence-electron chi connectivity index (χ0n) is 11.4. The molecule has 3 nitrogen and oxygen atoms in total. The molecule has 0 atom stereocenters.